The molecule has 5 heteroatoms. The van der Waals surface area contributed by atoms with Gasteiger partial charge in [-0.25, -0.2) is 0 Å². The number of hydrogen-bond donors (Lipinski definition) is 1. The Morgan fingerprint density at radius 3 is 2.54 bits per heavy atom. The molecule has 0 saturated heterocycles. The van der Waals surface area contributed by atoms with Crippen molar-refractivity contribution >= 4 is 17.6 Å². The minimum atomic E-state index is -0.860. The summed E-state index contributed by atoms with van der Waals surface area (Å²) < 4.78 is 10.5. The molecular formula is C21H25NO4. The standard InChI is InChI=1S/C21H25NO4/c1-14-9-11-18(15(2)13-14)22-21(24)16(3)26-20(23)12-10-17-7-5-6-8-19(17)25-4/h5-9,11,13,16H,10,12H2,1-4H3,(H,22,24)/t16-/m0/s1. The van der Waals surface area contributed by atoms with Crippen molar-refractivity contribution in [1.82, 2.24) is 0 Å². The van der Waals surface area contributed by atoms with Crippen molar-refractivity contribution < 1.29 is 19.1 Å². The van der Waals surface area contributed by atoms with Crippen LogP contribution >= 0.6 is 0 Å². The second kappa shape index (κ2) is 9.04. The van der Waals surface area contributed by atoms with Crippen molar-refractivity contribution in [3.8, 4) is 5.75 Å². The Bertz CT molecular complexity index is 785. The summed E-state index contributed by atoms with van der Waals surface area (Å²) in [6, 6.07) is 13.3. The third-order valence-electron chi connectivity index (χ3n) is 4.11. The number of aryl methyl sites for hydroxylation is 3. The van der Waals surface area contributed by atoms with Crippen molar-refractivity contribution in [2.45, 2.75) is 39.7 Å². The molecule has 1 atom stereocenters. The van der Waals surface area contributed by atoms with E-state index in [0.717, 1.165) is 28.1 Å². The van der Waals surface area contributed by atoms with Gasteiger partial charge in [0.15, 0.2) is 6.10 Å². The first-order valence-electron chi connectivity index (χ1n) is 8.60. The van der Waals surface area contributed by atoms with Crippen LogP contribution in [-0.2, 0) is 20.7 Å². The number of para-hydroxylation sites is 1. The minimum Gasteiger partial charge on any atom is -0.496 e. The molecule has 5 nitrogen and oxygen atoms in total. The van der Waals surface area contributed by atoms with Crippen molar-refractivity contribution in [2.24, 2.45) is 0 Å². The highest BCUT2D eigenvalue weighted by atomic mass is 16.5. The molecule has 2 aromatic rings. The molecule has 1 N–H and O–H groups in total. The summed E-state index contributed by atoms with van der Waals surface area (Å²) in [5.74, 6) is -0.0253. The van der Waals surface area contributed by atoms with E-state index in [9.17, 15) is 9.59 Å². The van der Waals surface area contributed by atoms with Gasteiger partial charge in [0.2, 0.25) is 0 Å². The van der Waals surface area contributed by atoms with Crippen LogP contribution in [0.1, 0.15) is 30.0 Å². The fourth-order valence-electron chi connectivity index (χ4n) is 2.64. The summed E-state index contributed by atoms with van der Waals surface area (Å²) in [4.78, 5) is 24.3. The first kappa shape index (κ1) is 19.5. The molecule has 0 aliphatic heterocycles. The van der Waals surface area contributed by atoms with E-state index < -0.39 is 12.1 Å². The fraction of sp³-hybridized carbons (Fsp3) is 0.333. The molecule has 138 valence electrons. The predicted octanol–water partition coefficient (Wildman–Crippen LogP) is 3.82. The first-order valence-corrected chi connectivity index (χ1v) is 8.60. The molecule has 1 amide bonds. The Kier molecular flexibility index (Phi) is 6.78. The van der Waals surface area contributed by atoms with E-state index in [2.05, 4.69) is 5.32 Å². The maximum absolute atomic E-state index is 12.3. The van der Waals surface area contributed by atoms with Crippen LogP contribution in [0.4, 0.5) is 5.69 Å². The van der Waals surface area contributed by atoms with E-state index in [1.165, 1.54) is 0 Å². The van der Waals surface area contributed by atoms with E-state index in [-0.39, 0.29) is 12.3 Å². The van der Waals surface area contributed by atoms with Crippen molar-refractivity contribution in [3.05, 3.63) is 59.2 Å². The van der Waals surface area contributed by atoms with Gasteiger partial charge in [0.25, 0.3) is 5.91 Å². The highest BCUT2D eigenvalue weighted by Crippen LogP contribution is 2.19. The molecule has 0 aromatic heterocycles. The van der Waals surface area contributed by atoms with Crippen molar-refractivity contribution in [3.63, 3.8) is 0 Å². The number of esters is 1. The van der Waals surface area contributed by atoms with Gasteiger partial charge in [-0.05, 0) is 50.5 Å². The van der Waals surface area contributed by atoms with Gasteiger partial charge in [-0.1, -0.05) is 35.9 Å². The zero-order chi connectivity index (χ0) is 19.1. The lowest BCUT2D eigenvalue weighted by Gasteiger charge is -2.15. The number of nitrogens with one attached hydrogen (secondary N) is 1. The second-order valence-electron chi connectivity index (χ2n) is 6.25. The topological polar surface area (TPSA) is 64.6 Å². The van der Waals surface area contributed by atoms with Crippen LogP contribution < -0.4 is 10.1 Å². The fourth-order valence-corrected chi connectivity index (χ4v) is 2.64. The van der Waals surface area contributed by atoms with Gasteiger partial charge in [-0.3, -0.25) is 9.59 Å². The van der Waals surface area contributed by atoms with Crippen molar-refractivity contribution in [1.29, 1.82) is 0 Å². The molecular weight excluding hydrogens is 330 g/mol. The minimum absolute atomic E-state index is 0.182. The van der Waals surface area contributed by atoms with Crippen LogP contribution in [0.5, 0.6) is 5.75 Å². The number of amides is 1. The summed E-state index contributed by atoms with van der Waals surface area (Å²) in [5.41, 5.74) is 3.74. The van der Waals surface area contributed by atoms with Gasteiger partial charge < -0.3 is 14.8 Å². The third kappa shape index (κ3) is 5.34. The Morgan fingerprint density at radius 1 is 1.12 bits per heavy atom. The van der Waals surface area contributed by atoms with Crippen LogP contribution in [0.15, 0.2) is 42.5 Å². The average molecular weight is 355 g/mol. The average Bonchev–Trinajstić information content (AvgIpc) is 2.62. The van der Waals surface area contributed by atoms with Crippen LogP contribution in [0.25, 0.3) is 0 Å². The number of hydrogen-bond acceptors (Lipinski definition) is 4. The molecule has 0 aliphatic carbocycles. The molecule has 0 heterocycles. The number of rotatable bonds is 7. The zero-order valence-corrected chi connectivity index (χ0v) is 15.7. The van der Waals surface area contributed by atoms with Gasteiger partial charge in [0, 0.05) is 12.1 Å². The van der Waals surface area contributed by atoms with Gasteiger partial charge in [-0.2, -0.15) is 0 Å². The Labute approximate surface area is 154 Å². The Balaban J connectivity index is 1.86. The quantitative estimate of drug-likeness (QED) is 0.767. The molecule has 0 bridgehead atoms. The largest absolute Gasteiger partial charge is 0.496 e. The lowest BCUT2D eigenvalue weighted by atomic mass is 10.1. The van der Waals surface area contributed by atoms with E-state index in [1.54, 1.807) is 14.0 Å². The highest BCUT2D eigenvalue weighted by Gasteiger charge is 2.18. The SMILES string of the molecule is COc1ccccc1CCC(=O)O[C@@H](C)C(=O)Nc1ccc(C)cc1C. The second-order valence-corrected chi connectivity index (χ2v) is 6.25. The van der Waals surface area contributed by atoms with E-state index in [1.807, 2.05) is 56.3 Å². The molecule has 0 aliphatic rings. The van der Waals surface area contributed by atoms with Gasteiger partial charge in [0.1, 0.15) is 5.75 Å². The van der Waals surface area contributed by atoms with Crippen LogP contribution in [-0.4, -0.2) is 25.1 Å². The number of benzene rings is 2. The summed E-state index contributed by atoms with van der Waals surface area (Å²) in [7, 11) is 1.59. The van der Waals surface area contributed by atoms with Crippen LogP contribution in [0.2, 0.25) is 0 Å². The first-order chi connectivity index (χ1) is 12.4. The summed E-state index contributed by atoms with van der Waals surface area (Å²) in [6.07, 6.45) is -0.184. The maximum Gasteiger partial charge on any atom is 0.306 e. The van der Waals surface area contributed by atoms with Gasteiger partial charge >= 0.3 is 5.97 Å². The van der Waals surface area contributed by atoms with Crippen LogP contribution in [0, 0.1) is 13.8 Å². The zero-order valence-electron chi connectivity index (χ0n) is 15.7. The number of methoxy groups -OCH3 is 1. The van der Waals surface area contributed by atoms with Gasteiger partial charge in [0.05, 0.1) is 7.11 Å². The van der Waals surface area contributed by atoms with Crippen LogP contribution in [0.3, 0.4) is 0 Å². The predicted molar refractivity (Wildman–Crippen MR) is 101 cm³/mol. The smallest absolute Gasteiger partial charge is 0.306 e. The third-order valence-corrected chi connectivity index (χ3v) is 4.11. The summed E-state index contributed by atoms with van der Waals surface area (Å²) in [6.45, 7) is 5.48. The molecule has 0 saturated carbocycles. The number of anilines is 1. The summed E-state index contributed by atoms with van der Waals surface area (Å²) >= 11 is 0. The van der Waals surface area contributed by atoms with Gasteiger partial charge in [-0.15, -0.1) is 0 Å². The normalized spacial score (nSPS) is 11.5. The molecule has 0 unspecified atom stereocenters. The van der Waals surface area contributed by atoms with Crippen molar-refractivity contribution in [2.75, 3.05) is 12.4 Å². The number of carbonyl (C=O) groups is 2. The van der Waals surface area contributed by atoms with E-state index in [0.29, 0.717) is 6.42 Å². The van der Waals surface area contributed by atoms with E-state index in [4.69, 9.17) is 9.47 Å². The molecule has 0 spiro atoms. The monoisotopic (exact) mass is 355 g/mol. The Hall–Kier alpha value is -2.82. The summed E-state index contributed by atoms with van der Waals surface area (Å²) in [5, 5.41) is 2.80. The molecule has 26 heavy (non-hydrogen) atoms. The maximum atomic E-state index is 12.3. The van der Waals surface area contributed by atoms with E-state index >= 15 is 0 Å². The lowest BCUT2D eigenvalue weighted by molar-refractivity contribution is -0.153. The Morgan fingerprint density at radius 2 is 1.85 bits per heavy atom. The molecule has 0 fully saturated rings. The number of ether oxygens (including phenoxy) is 2. The molecule has 0 radical (unpaired) electrons. The highest BCUT2D eigenvalue weighted by molar-refractivity contribution is 5.95. The molecule has 2 aromatic carbocycles. The molecule has 2 rings (SSSR count). The number of carbonyl (C=O) groups excluding carboxylic acids is 2. The lowest BCUT2D eigenvalue weighted by Crippen LogP contribution is -2.30.